The minimum absolute atomic E-state index is 0.182. The van der Waals surface area contributed by atoms with Gasteiger partial charge in [0.15, 0.2) is 5.11 Å². The predicted octanol–water partition coefficient (Wildman–Crippen LogP) is 5.07. The van der Waals surface area contributed by atoms with Crippen molar-refractivity contribution in [2.45, 2.75) is 25.9 Å². The summed E-state index contributed by atoms with van der Waals surface area (Å²) in [4.78, 5) is 18.2. The summed E-state index contributed by atoms with van der Waals surface area (Å²) in [5, 5.41) is 23.3. The van der Waals surface area contributed by atoms with Crippen LogP contribution in [-0.4, -0.2) is 30.8 Å². The lowest BCUT2D eigenvalue weighted by atomic mass is 9.96. The van der Waals surface area contributed by atoms with E-state index in [1.807, 2.05) is 55.1 Å². The van der Waals surface area contributed by atoms with Gasteiger partial charge >= 0.3 is 5.97 Å². The van der Waals surface area contributed by atoms with Crippen molar-refractivity contribution in [2.75, 3.05) is 4.90 Å². The van der Waals surface area contributed by atoms with E-state index in [-0.39, 0.29) is 23.4 Å². The summed E-state index contributed by atoms with van der Waals surface area (Å²) in [6.07, 6.45) is 1.76. The van der Waals surface area contributed by atoms with E-state index in [2.05, 4.69) is 20.9 Å². The third kappa shape index (κ3) is 4.02. The normalized spacial score (nSPS) is 17.4. The first-order valence-corrected chi connectivity index (χ1v) is 11.6. The van der Waals surface area contributed by atoms with Crippen molar-refractivity contribution >= 4 is 29.0 Å². The molecule has 3 N–H and O–H groups in total. The SMILES string of the molecule is Cc1cc([C@H]2[C@H](c3ccccn3)NC(=S)N2c2ccc(O)cc2)c(C)n1-c1cccc(C(=O)O)c1. The lowest BCUT2D eigenvalue weighted by molar-refractivity contribution is 0.0697. The lowest BCUT2D eigenvalue weighted by Crippen LogP contribution is -2.29. The van der Waals surface area contributed by atoms with E-state index < -0.39 is 5.97 Å². The molecule has 1 aliphatic rings. The first-order valence-electron chi connectivity index (χ1n) is 11.2. The summed E-state index contributed by atoms with van der Waals surface area (Å²) in [5.41, 5.74) is 5.72. The Hall–Kier alpha value is -4.17. The largest absolute Gasteiger partial charge is 0.508 e. The van der Waals surface area contributed by atoms with Crippen LogP contribution in [0.25, 0.3) is 5.69 Å². The fraction of sp³-hybridized carbons (Fsp3) is 0.148. The molecule has 0 spiro atoms. The van der Waals surface area contributed by atoms with Crippen LogP contribution in [-0.2, 0) is 0 Å². The van der Waals surface area contributed by atoms with Gasteiger partial charge in [-0.3, -0.25) is 4.98 Å². The fourth-order valence-corrected chi connectivity index (χ4v) is 5.17. The number of nitrogens with one attached hydrogen (secondary N) is 1. The van der Waals surface area contributed by atoms with Gasteiger partial charge in [0, 0.05) is 29.0 Å². The smallest absolute Gasteiger partial charge is 0.335 e. The topological polar surface area (TPSA) is 90.6 Å². The number of aromatic hydroxyl groups is 1. The predicted molar refractivity (Wildman–Crippen MR) is 138 cm³/mol. The van der Waals surface area contributed by atoms with E-state index in [1.165, 1.54) is 0 Å². The summed E-state index contributed by atoms with van der Waals surface area (Å²) in [6.45, 7) is 4.03. The molecule has 0 radical (unpaired) electrons. The Morgan fingerprint density at radius 3 is 2.46 bits per heavy atom. The molecule has 4 aromatic rings. The monoisotopic (exact) mass is 484 g/mol. The number of pyridine rings is 1. The zero-order valence-corrected chi connectivity index (χ0v) is 20.0. The number of aryl methyl sites for hydroxylation is 1. The van der Waals surface area contributed by atoms with Crippen molar-refractivity contribution in [3.8, 4) is 11.4 Å². The Bertz CT molecular complexity index is 1420. The summed E-state index contributed by atoms with van der Waals surface area (Å²) < 4.78 is 2.06. The Morgan fingerprint density at radius 1 is 1.00 bits per heavy atom. The first-order chi connectivity index (χ1) is 16.8. The molecule has 0 aliphatic carbocycles. The number of hydrogen-bond acceptors (Lipinski definition) is 4. The maximum atomic E-state index is 11.6. The van der Waals surface area contributed by atoms with E-state index >= 15 is 0 Å². The van der Waals surface area contributed by atoms with Gasteiger partial charge in [-0.15, -0.1) is 0 Å². The van der Waals surface area contributed by atoms with E-state index in [1.54, 1.807) is 36.5 Å². The van der Waals surface area contributed by atoms with Crippen molar-refractivity contribution in [1.29, 1.82) is 0 Å². The zero-order chi connectivity index (χ0) is 24.7. The van der Waals surface area contributed by atoms with Gasteiger partial charge in [0.2, 0.25) is 0 Å². The minimum atomic E-state index is -0.964. The number of thiocarbonyl (C=S) groups is 1. The Morgan fingerprint density at radius 2 is 1.77 bits per heavy atom. The Kier molecular flexibility index (Phi) is 5.74. The van der Waals surface area contributed by atoms with E-state index in [9.17, 15) is 15.0 Å². The quantitative estimate of drug-likeness (QED) is 0.341. The van der Waals surface area contributed by atoms with Crippen LogP contribution in [0.3, 0.4) is 0 Å². The zero-order valence-electron chi connectivity index (χ0n) is 19.2. The third-order valence-corrected chi connectivity index (χ3v) is 6.68. The van der Waals surface area contributed by atoms with Gasteiger partial charge < -0.3 is 25.0 Å². The van der Waals surface area contributed by atoms with Crippen molar-refractivity contribution in [2.24, 2.45) is 0 Å². The van der Waals surface area contributed by atoms with E-state index in [0.29, 0.717) is 5.11 Å². The van der Waals surface area contributed by atoms with Gasteiger partial charge in [-0.2, -0.15) is 0 Å². The minimum Gasteiger partial charge on any atom is -0.508 e. The van der Waals surface area contributed by atoms with Crippen LogP contribution < -0.4 is 10.2 Å². The number of aromatic carboxylic acids is 1. The standard InChI is InChI=1S/C27H24N4O3S/c1-16-14-22(17(2)30(16)20-7-5-6-18(15-20)26(33)34)25-24(23-8-3-4-13-28-23)29-27(35)31(25)19-9-11-21(32)12-10-19/h3-15,24-25,32H,1-2H3,(H,29,35)(H,33,34)/t24-,25-/m0/s1. The average Bonchev–Trinajstić information content (AvgIpc) is 3.35. The van der Waals surface area contributed by atoms with Gasteiger partial charge in [-0.05, 0) is 92.3 Å². The van der Waals surface area contributed by atoms with Gasteiger partial charge in [-0.25, -0.2) is 4.79 Å². The molecule has 2 aromatic carbocycles. The van der Waals surface area contributed by atoms with E-state index in [0.717, 1.165) is 34.0 Å². The second kappa shape index (κ2) is 8.88. The molecule has 7 nitrogen and oxygen atoms in total. The first kappa shape index (κ1) is 22.6. The highest BCUT2D eigenvalue weighted by molar-refractivity contribution is 7.80. The van der Waals surface area contributed by atoms with Crippen LogP contribution in [0, 0.1) is 13.8 Å². The number of anilines is 1. The summed E-state index contributed by atoms with van der Waals surface area (Å²) in [5.74, 6) is -0.783. The molecular weight excluding hydrogens is 460 g/mol. The number of hydrogen-bond donors (Lipinski definition) is 3. The Labute approximate surface area is 208 Å². The molecular formula is C27H24N4O3S. The molecule has 0 unspecified atom stereocenters. The van der Waals surface area contributed by atoms with Crippen LogP contribution in [0.4, 0.5) is 5.69 Å². The van der Waals surface area contributed by atoms with E-state index in [4.69, 9.17) is 12.2 Å². The highest BCUT2D eigenvalue weighted by Gasteiger charge is 2.42. The van der Waals surface area contributed by atoms with Gasteiger partial charge in [0.25, 0.3) is 0 Å². The van der Waals surface area contributed by atoms with Crippen LogP contribution in [0.5, 0.6) is 5.75 Å². The van der Waals surface area contributed by atoms with Crippen LogP contribution in [0.1, 0.15) is 45.1 Å². The molecule has 0 bridgehead atoms. The van der Waals surface area contributed by atoms with Crippen LogP contribution in [0.15, 0.2) is 79.0 Å². The molecule has 1 saturated heterocycles. The molecule has 3 heterocycles. The molecule has 2 atom stereocenters. The molecule has 1 aliphatic heterocycles. The maximum Gasteiger partial charge on any atom is 0.335 e. The number of carbonyl (C=O) groups is 1. The molecule has 8 heteroatoms. The fourth-order valence-electron chi connectivity index (χ4n) is 4.82. The summed E-state index contributed by atoms with van der Waals surface area (Å²) >= 11 is 5.78. The highest BCUT2D eigenvalue weighted by Crippen LogP contribution is 2.44. The highest BCUT2D eigenvalue weighted by atomic mass is 32.1. The lowest BCUT2D eigenvalue weighted by Gasteiger charge is -2.28. The van der Waals surface area contributed by atoms with Gasteiger partial charge in [-0.1, -0.05) is 12.1 Å². The van der Waals surface area contributed by atoms with Crippen LogP contribution >= 0.6 is 12.2 Å². The van der Waals surface area contributed by atoms with Gasteiger partial charge in [0.05, 0.1) is 23.3 Å². The number of phenolic OH excluding ortho intramolecular Hbond substituents is 1. The number of phenols is 1. The molecule has 176 valence electrons. The number of rotatable bonds is 5. The van der Waals surface area contributed by atoms with Crippen molar-refractivity contribution in [3.05, 3.63) is 107 Å². The van der Waals surface area contributed by atoms with Crippen LogP contribution in [0.2, 0.25) is 0 Å². The third-order valence-electron chi connectivity index (χ3n) is 6.37. The maximum absolute atomic E-state index is 11.6. The molecule has 0 saturated carbocycles. The molecule has 5 rings (SSSR count). The van der Waals surface area contributed by atoms with Crippen molar-refractivity contribution < 1.29 is 15.0 Å². The van der Waals surface area contributed by atoms with Gasteiger partial charge in [0.1, 0.15) is 5.75 Å². The second-order valence-electron chi connectivity index (χ2n) is 8.53. The molecule has 0 amide bonds. The average molecular weight is 485 g/mol. The number of benzene rings is 2. The Balaban J connectivity index is 1.67. The summed E-state index contributed by atoms with van der Waals surface area (Å²) in [7, 11) is 0. The number of carboxylic acids is 1. The number of aromatic nitrogens is 2. The molecule has 2 aromatic heterocycles. The number of nitrogens with zero attached hydrogens (tertiary/aromatic N) is 3. The van der Waals surface area contributed by atoms with Crippen molar-refractivity contribution in [1.82, 2.24) is 14.9 Å². The summed E-state index contributed by atoms with van der Waals surface area (Å²) in [6, 6.07) is 21.4. The number of carboxylic acid groups (broad SMARTS) is 1. The second-order valence-corrected chi connectivity index (χ2v) is 8.92. The molecule has 35 heavy (non-hydrogen) atoms. The molecule has 1 fully saturated rings. The van der Waals surface area contributed by atoms with Crippen molar-refractivity contribution in [3.63, 3.8) is 0 Å².